The summed E-state index contributed by atoms with van der Waals surface area (Å²) < 4.78 is 0.764. The number of hydrogen-bond donors (Lipinski definition) is 0. The summed E-state index contributed by atoms with van der Waals surface area (Å²) in [6.07, 6.45) is 0. The molecule has 1 aromatic carbocycles. The smallest absolute Gasteiger partial charge is 0.255 e. The molecule has 0 atom stereocenters. The van der Waals surface area contributed by atoms with Gasteiger partial charge in [0.05, 0.1) is 10.6 Å². The van der Waals surface area contributed by atoms with Crippen molar-refractivity contribution < 1.29 is 4.79 Å². The number of hydrogen-bond acceptors (Lipinski definition) is 3. The highest BCUT2D eigenvalue weighted by Crippen LogP contribution is 2.27. The number of benzene rings is 1. The maximum absolute atomic E-state index is 12.5. The minimum Gasteiger partial charge on any atom is -0.336 e. The van der Waals surface area contributed by atoms with Gasteiger partial charge >= 0.3 is 0 Å². The minimum absolute atomic E-state index is 0.0218. The number of carbonyl (C=O) groups excluding carboxylic acids is 1. The predicted octanol–water partition coefficient (Wildman–Crippen LogP) is 2.42. The first kappa shape index (κ1) is 16.7. The Morgan fingerprint density at radius 2 is 1.95 bits per heavy atom. The van der Waals surface area contributed by atoms with Crippen LogP contribution in [0.4, 0.5) is 0 Å². The number of rotatable bonds is 4. The van der Waals surface area contributed by atoms with Gasteiger partial charge in [-0.2, -0.15) is 0 Å². The van der Waals surface area contributed by atoms with Crippen LogP contribution in [0.15, 0.2) is 22.7 Å². The van der Waals surface area contributed by atoms with Crippen molar-refractivity contribution in [2.24, 2.45) is 0 Å². The molecule has 0 radical (unpaired) electrons. The molecule has 4 nitrogen and oxygen atoms in total. The maximum atomic E-state index is 12.5. The quantitative estimate of drug-likeness (QED) is 0.810. The van der Waals surface area contributed by atoms with Gasteiger partial charge in [-0.1, -0.05) is 17.7 Å². The molecule has 1 saturated heterocycles. The fourth-order valence-corrected chi connectivity index (χ4v) is 2.93. The predicted molar refractivity (Wildman–Crippen MR) is 90.0 cm³/mol. The molecule has 116 valence electrons. The van der Waals surface area contributed by atoms with Crippen molar-refractivity contribution in [1.82, 2.24) is 14.7 Å². The van der Waals surface area contributed by atoms with Crippen molar-refractivity contribution in [3.05, 3.63) is 33.3 Å². The van der Waals surface area contributed by atoms with E-state index in [-0.39, 0.29) is 5.91 Å². The highest BCUT2D eigenvalue weighted by Gasteiger charge is 2.23. The van der Waals surface area contributed by atoms with Gasteiger partial charge in [0.2, 0.25) is 0 Å². The second-order valence-corrected chi connectivity index (χ2v) is 6.77. The first-order chi connectivity index (χ1) is 9.99. The Morgan fingerprint density at radius 3 is 2.57 bits per heavy atom. The number of piperazine rings is 1. The topological polar surface area (TPSA) is 26.8 Å². The fraction of sp³-hybridized carbons (Fsp3) is 0.533. The van der Waals surface area contributed by atoms with Crippen molar-refractivity contribution in [2.45, 2.75) is 0 Å². The standard InChI is InChI=1S/C15H21BrClN3O/c1-18(2)6-7-19-8-10-20(11-9-19)15(21)12-4-3-5-13(16)14(12)17/h3-5H,6-11H2,1-2H3. The molecule has 1 aromatic rings. The van der Waals surface area contributed by atoms with Gasteiger partial charge in [-0.15, -0.1) is 0 Å². The van der Waals surface area contributed by atoms with Gasteiger partial charge in [-0.25, -0.2) is 0 Å². The fourth-order valence-electron chi connectivity index (χ4n) is 2.36. The van der Waals surface area contributed by atoms with Crippen LogP contribution in [0.2, 0.25) is 5.02 Å². The lowest BCUT2D eigenvalue weighted by Gasteiger charge is -2.35. The Morgan fingerprint density at radius 1 is 1.29 bits per heavy atom. The molecule has 1 amide bonds. The molecular weight excluding hydrogens is 354 g/mol. The highest BCUT2D eigenvalue weighted by molar-refractivity contribution is 9.10. The van der Waals surface area contributed by atoms with Crippen molar-refractivity contribution >= 4 is 33.4 Å². The number of likely N-dealkylation sites (N-methyl/N-ethyl adjacent to an activating group) is 1. The van der Waals surface area contributed by atoms with Gasteiger partial charge in [0, 0.05) is 43.7 Å². The van der Waals surface area contributed by atoms with E-state index in [1.807, 2.05) is 17.0 Å². The number of nitrogens with zero attached hydrogens (tertiary/aromatic N) is 3. The zero-order chi connectivity index (χ0) is 15.4. The molecule has 21 heavy (non-hydrogen) atoms. The molecule has 2 rings (SSSR count). The second-order valence-electron chi connectivity index (χ2n) is 5.54. The van der Waals surface area contributed by atoms with Gasteiger partial charge in [0.15, 0.2) is 0 Å². The minimum atomic E-state index is 0.0218. The van der Waals surface area contributed by atoms with Crippen molar-refractivity contribution in [3.8, 4) is 0 Å². The summed E-state index contributed by atoms with van der Waals surface area (Å²) in [5.41, 5.74) is 0.577. The van der Waals surface area contributed by atoms with Crippen LogP contribution in [0, 0.1) is 0 Å². The zero-order valence-electron chi connectivity index (χ0n) is 12.5. The SMILES string of the molecule is CN(C)CCN1CCN(C(=O)c2cccc(Br)c2Cl)CC1. The first-order valence-electron chi connectivity index (χ1n) is 7.09. The van der Waals surface area contributed by atoms with E-state index >= 15 is 0 Å². The molecule has 0 unspecified atom stereocenters. The lowest BCUT2D eigenvalue weighted by atomic mass is 10.2. The molecule has 1 heterocycles. The molecule has 1 aliphatic heterocycles. The summed E-state index contributed by atoms with van der Waals surface area (Å²) >= 11 is 9.58. The van der Waals surface area contributed by atoms with Gasteiger partial charge in [0.1, 0.15) is 0 Å². The number of halogens is 2. The second kappa shape index (κ2) is 7.58. The van der Waals surface area contributed by atoms with E-state index in [9.17, 15) is 4.79 Å². The van der Waals surface area contributed by atoms with Gasteiger partial charge in [0.25, 0.3) is 5.91 Å². The van der Waals surface area contributed by atoms with Gasteiger partial charge < -0.3 is 9.80 Å². The van der Waals surface area contributed by atoms with E-state index in [0.29, 0.717) is 10.6 Å². The zero-order valence-corrected chi connectivity index (χ0v) is 14.8. The van der Waals surface area contributed by atoms with Crippen LogP contribution < -0.4 is 0 Å². The third-order valence-electron chi connectivity index (χ3n) is 3.70. The first-order valence-corrected chi connectivity index (χ1v) is 8.26. The van der Waals surface area contributed by atoms with Crippen LogP contribution in [0.1, 0.15) is 10.4 Å². The molecule has 0 saturated carbocycles. The Bertz CT molecular complexity index is 502. The number of carbonyl (C=O) groups is 1. The molecule has 1 fully saturated rings. The molecule has 0 bridgehead atoms. The molecule has 1 aliphatic rings. The largest absolute Gasteiger partial charge is 0.336 e. The van der Waals surface area contributed by atoms with Crippen molar-refractivity contribution in [1.29, 1.82) is 0 Å². The van der Waals surface area contributed by atoms with E-state index in [0.717, 1.165) is 43.7 Å². The normalized spacial score (nSPS) is 16.5. The summed E-state index contributed by atoms with van der Waals surface area (Å²) in [4.78, 5) is 19.0. The number of amides is 1. The molecule has 6 heteroatoms. The summed E-state index contributed by atoms with van der Waals surface area (Å²) in [5.74, 6) is 0.0218. The van der Waals surface area contributed by atoms with Crippen LogP contribution >= 0.6 is 27.5 Å². The van der Waals surface area contributed by atoms with Crippen LogP contribution in [-0.4, -0.2) is 74.0 Å². The van der Waals surface area contributed by atoms with Crippen LogP contribution in [-0.2, 0) is 0 Å². The van der Waals surface area contributed by atoms with E-state index in [1.54, 1.807) is 6.07 Å². The molecule has 0 spiro atoms. The molecular formula is C15H21BrClN3O. The van der Waals surface area contributed by atoms with E-state index in [1.165, 1.54) is 0 Å². The monoisotopic (exact) mass is 373 g/mol. The Hall–Kier alpha value is -0.620. The highest BCUT2D eigenvalue weighted by atomic mass is 79.9. The molecule has 0 aliphatic carbocycles. The van der Waals surface area contributed by atoms with Crippen LogP contribution in [0.25, 0.3) is 0 Å². The Labute approximate surface area is 139 Å². The Balaban J connectivity index is 1.93. The third-order valence-corrected chi connectivity index (χ3v) is 5.00. The lowest BCUT2D eigenvalue weighted by molar-refractivity contribution is 0.0630. The van der Waals surface area contributed by atoms with Gasteiger partial charge in [-0.3, -0.25) is 9.69 Å². The third kappa shape index (κ3) is 4.42. The van der Waals surface area contributed by atoms with Crippen LogP contribution in [0.3, 0.4) is 0 Å². The van der Waals surface area contributed by atoms with Gasteiger partial charge in [-0.05, 0) is 42.2 Å². The summed E-state index contributed by atoms with van der Waals surface area (Å²) in [6.45, 7) is 5.46. The molecule has 0 aromatic heterocycles. The Kier molecular flexibility index (Phi) is 6.05. The van der Waals surface area contributed by atoms with Crippen molar-refractivity contribution in [3.63, 3.8) is 0 Å². The van der Waals surface area contributed by atoms with Crippen LogP contribution in [0.5, 0.6) is 0 Å². The van der Waals surface area contributed by atoms with E-state index < -0.39 is 0 Å². The van der Waals surface area contributed by atoms with E-state index in [4.69, 9.17) is 11.6 Å². The van der Waals surface area contributed by atoms with Crippen molar-refractivity contribution in [2.75, 3.05) is 53.4 Å². The average Bonchev–Trinajstić information content (AvgIpc) is 2.48. The lowest BCUT2D eigenvalue weighted by Crippen LogP contribution is -2.50. The molecule has 0 N–H and O–H groups in total. The summed E-state index contributed by atoms with van der Waals surface area (Å²) in [5, 5.41) is 0.498. The maximum Gasteiger partial charge on any atom is 0.255 e. The summed E-state index contributed by atoms with van der Waals surface area (Å²) in [7, 11) is 4.16. The summed E-state index contributed by atoms with van der Waals surface area (Å²) in [6, 6.07) is 5.47. The average molecular weight is 375 g/mol. The van der Waals surface area contributed by atoms with E-state index in [2.05, 4.69) is 39.8 Å².